The highest BCUT2D eigenvalue weighted by Crippen LogP contribution is 2.44. The van der Waals surface area contributed by atoms with Gasteiger partial charge in [-0.2, -0.15) is 0 Å². The number of ether oxygens (including phenoxy) is 10. The number of anilines is 1. The Morgan fingerprint density at radius 1 is 0.762 bits per heavy atom. The van der Waals surface area contributed by atoms with E-state index in [4.69, 9.17) is 82.2 Å². The van der Waals surface area contributed by atoms with Gasteiger partial charge in [0.1, 0.15) is 54.2 Å². The Balaban J connectivity index is 1.41. The number of hydrogen-bond acceptors (Lipinski definition) is 22. The molecule has 0 radical (unpaired) electrons. The van der Waals surface area contributed by atoms with Crippen molar-refractivity contribution in [2.75, 3.05) is 84.3 Å². The molecule has 26 nitrogen and oxygen atoms in total. The fourth-order valence-electron chi connectivity index (χ4n) is 8.07. The van der Waals surface area contributed by atoms with Crippen LogP contribution in [0.5, 0.6) is 5.75 Å². The molecule has 1 aliphatic heterocycles. The SMILES string of the molecule is COC(=O)[C@H]1O[C@@H](Oc2ccc(COC(=O)N(CCS(C)(=O)=O)COCC(CO)(CO)NC(=O)OCC(Cl)(Cl)Cl)cc2NC(=O)CN(C)C(=O)OCC2c3ccccc3-c3ccccc32)[C@H](OC(C)=O)[C@@H](OC(C)=O)[C@@H]1OC(C)=O. The molecular formula is C50H59Cl3N4O22S. The van der Waals surface area contributed by atoms with E-state index >= 15 is 0 Å². The van der Waals surface area contributed by atoms with Gasteiger partial charge in [0.05, 0.1) is 38.4 Å². The maximum Gasteiger partial charge on any atom is 0.411 e. The van der Waals surface area contributed by atoms with Crippen LogP contribution in [0.15, 0.2) is 66.7 Å². The number of rotatable bonds is 24. The summed E-state index contributed by atoms with van der Waals surface area (Å²) in [5.41, 5.74) is 1.81. The topological polar surface area (TPSA) is 334 Å². The number of carbonyl (C=O) groups excluding carboxylic acids is 8. The number of aliphatic hydroxyl groups excluding tert-OH is 2. The second-order valence-corrected chi connectivity index (χ2v) is 22.9. The molecule has 1 aliphatic carbocycles. The molecule has 0 saturated carbocycles. The average molecular weight is 1210 g/mol. The van der Waals surface area contributed by atoms with Crippen molar-refractivity contribution in [3.63, 3.8) is 0 Å². The van der Waals surface area contributed by atoms with Gasteiger partial charge in [-0.05, 0) is 39.9 Å². The lowest BCUT2D eigenvalue weighted by Gasteiger charge is -2.43. The van der Waals surface area contributed by atoms with Gasteiger partial charge in [-0.25, -0.2) is 27.6 Å². The molecule has 1 fully saturated rings. The van der Waals surface area contributed by atoms with Crippen molar-refractivity contribution in [2.24, 2.45) is 0 Å². The minimum atomic E-state index is -3.72. The minimum absolute atomic E-state index is 0.0694. The molecule has 0 aromatic heterocycles. The molecule has 1 saturated heterocycles. The maximum atomic E-state index is 13.9. The van der Waals surface area contributed by atoms with Gasteiger partial charge in [-0.15, -0.1) is 0 Å². The summed E-state index contributed by atoms with van der Waals surface area (Å²) in [5.74, 6) is -6.11. The number of fused-ring (bicyclic) bond motifs is 3. The van der Waals surface area contributed by atoms with Crippen molar-refractivity contribution in [1.82, 2.24) is 15.1 Å². The second kappa shape index (κ2) is 28.6. The zero-order valence-electron chi connectivity index (χ0n) is 43.9. The molecule has 5 atom stereocenters. The van der Waals surface area contributed by atoms with E-state index in [1.165, 1.54) is 25.2 Å². The lowest BCUT2D eigenvalue weighted by Crippen LogP contribution is -2.64. The molecule has 2 aliphatic rings. The zero-order chi connectivity index (χ0) is 59.1. The van der Waals surface area contributed by atoms with Crippen LogP contribution in [0.4, 0.5) is 20.1 Å². The number of methoxy groups -OCH3 is 1. The maximum absolute atomic E-state index is 13.9. The van der Waals surface area contributed by atoms with Gasteiger partial charge in [0.2, 0.25) is 22.1 Å². The standard InChI is InChI=1S/C50H59Cl3N4O22S/c1-28(60)75-40-41(76-29(2)61)43(77-30(3)62)45(79-42(40)44(64)70-5)78-38-16-15-31(21-72-48(67)57(17-18-80(6,68)69)27-71-25-49(23-58,24-59)55-46(65)74-26-50(51,52)53)19-37(38)54-39(63)20-56(4)47(66)73-22-36-34-13-9-7-11-32(34)33-12-8-10-14-35(33)36/h7-16,19,36,40-43,45,58-59H,17-18,20-27H2,1-6H3,(H,54,63)(H,55,65)/t40-,41-,42-,43+,45+/m0/s1. The van der Waals surface area contributed by atoms with Crippen LogP contribution in [0.1, 0.15) is 43.4 Å². The predicted octanol–water partition coefficient (Wildman–Crippen LogP) is 3.35. The number of nitrogens with zero attached hydrogens (tertiary/aromatic N) is 2. The Kier molecular flexibility index (Phi) is 22.9. The number of esters is 4. The third kappa shape index (κ3) is 18.4. The third-order valence-electron chi connectivity index (χ3n) is 11.7. The minimum Gasteiger partial charge on any atom is -0.467 e. The number of halogens is 3. The van der Waals surface area contributed by atoms with Gasteiger partial charge < -0.3 is 73.1 Å². The molecule has 3 aromatic rings. The van der Waals surface area contributed by atoms with Crippen molar-refractivity contribution in [3.05, 3.63) is 83.4 Å². The molecule has 4 amide bonds. The molecule has 438 valence electrons. The number of likely N-dealkylation sites (N-methyl/N-ethyl adjacent to an activating group) is 1. The van der Waals surface area contributed by atoms with Crippen molar-refractivity contribution < 1.29 is 104 Å². The molecule has 3 aromatic carbocycles. The molecule has 30 heteroatoms. The Labute approximate surface area is 473 Å². The van der Waals surface area contributed by atoms with Crippen LogP contribution in [0.3, 0.4) is 0 Å². The number of alkyl halides is 3. The van der Waals surface area contributed by atoms with Crippen LogP contribution < -0.4 is 15.4 Å². The summed E-state index contributed by atoms with van der Waals surface area (Å²) in [6.07, 6.45) is -11.5. The summed E-state index contributed by atoms with van der Waals surface area (Å²) in [5, 5.41) is 24.9. The summed E-state index contributed by atoms with van der Waals surface area (Å²) >= 11 is 16.9. The highest BCUT2D eigenvalue weighted by molar-refractivity contribution is 7.90. The first-order valence-corrected chi connectivity index (χ1v) is 27.2. The monoisotopic (exact) mass is 1200 g/mol. The molecule has 0 spiro atoms. The first-order valence-electron chi connectivity index (χ1n) is 24.0. The fraction of sp³-hybridized carbons (Fsp3) is 0.480. The van der Waals surface area contributed by atoms with Crippen LogP contribution in [-0.2, 0) is 83.0 Å². The molecule has 4 N–H and O–H groups in total. The van der Waals surface area contributed by atoms with Crippen LogP contribution in [-0.4, -0.2) is 196 Å². The highest BCUT2D eigenvalue weighted by atomic mass is 35.6. The number of hydrogen-bond donors (Lipinski definition) is 4. The number of amides is 4. The van der Waals surface area contributed by atoms with Gasteiger partial charge in [-0.3, -0.25) is 24.1 Å². The second-order valence-electron chi connectivity index (χ2n) is 18.2. The van der Waals surface area contributed by atoms with Crippen LogP contribution in [0, 0.1) is 0 Å². The molecular weight excluding hydrogens is 1150 g/mol. The molecule has 5 rings (SSSR count). The molecule has 0 bridgehead atoms. The lowest BCUT2D eigenvalue weighted by atomic mass is 9.97. The van der Waals surface area contributed by atoms with Gasteiger partial charge in [0.25, 0.3) is 0 Å². The van der Waals surface area contributed by atoms with E-state index in [9.17, 15) is 57.0 Å². The summed E-state index contributed by atoms with van der Waals surface area (Å²) in [6.45, 7) is -2.90. The highest BCUT2D eigenvalue weighted by Gasteiger charge is 2.56. The van der Waals surface area contributed by atoms with E-state index in [0.29, 0.717) is 0 Å². The number of sulfone groups is 1. The fourth-order valence-corrected chi connectivity index (χ4v) is 8.79. The Hall–Kier alpha value is -6.72. The van der Waals surface area contributed by atoms with Crippen molar-refractivity contribution in [3.8, 4) is 16.9 Å². The molecule has 80 heavy (non-hydrogen) atoms. The van der Waals surface area contributed by atoms with E-state index < -0.39 is 157 Å². The Bertz CT molecular complexity index is 2810. The summed E-state index contributed by atoms with van der Waals surface area (Å²) in [7, 11) is -1.43. The van der Waals surface area contributed by atoms with E-state index in [2.05, 4.69) is 10.6 Å². The summed E-state index contributed by atoms with van der Waals surface area (Å²) in [4.78, 5) is 106. The number of benzene rings is 3. The van der Waals surface area contributed by atoms with Crippen LogP contribution in [0.25, 0.3) is 11.1 Å². The lowest BCUT2D eigenvalue weighted by molar-refractivity contribution is -0.282. The van der Waals surface area contributed by atoms with Gasteiger partial charge >= 0.3 is 42.2 Å². The first-order chi connectivity index (χ1) is 37.7. The van der Waals surface area contributed by atoms with Gasteiger partial charge in [0.15, 0.2) is 18.3 Å². The number of nitrogens with one attached hydrogen (secondary N) is 2. The van der Waals surface area contributed by atoms with Gasteiger partial charge in [-0.1, -0.05) is 89.4 Å². The number of carbonyl (C=O) groups is 8. The summed E-state index contributed by atoms with van der Waals surface area (Å²) < 4.78 is 77.2. The van der Waals surface area contributed by atoms with Crippen LogP contribution >= 0.6 is 34.8 Å². The molecule has 1 heterocycles. The Morgan fingerprint density at radius 3 is 1.91 bits per heavy atom. The molecule has 0 unspecified atom stereocenters. The normalized spacial score (nSPS) is 17.8. The quantitative estimate of drug-likeness (QED) is 0.0432. The Morgan fingerprint density at radius 2 is 1.35 bits per heavy atom. The van der Waals surface area contributed by atoms with Crippen LogP contribution in [0.2, 0.25) is 0 Å². The van der Waals surface area contributed by atoms with E-state index in [-0.39, 0.29) is 29.5 Å². The van der Waals surface area contributed by atoms with E-state index in [1.54, 1.807) is 0 Å². The van der Waals surface area contributed by atoms with Crippen molar-refractivity contribution in [2.45, 2.75) is 73.3 Å². The van der Waals surface area contributed by atoms with E-state index in [0.717, 1.165) is 66.2 Å². The number of aliphatic hydroxyl groups is 2. The average Bonchev–Trinajstić information content (AvgIpc) is 3.96. The third-order valence-corrected chi connectivity index (χ3v) is 13.0. The predicted molar refractivity (Wildman–Crippen MR) is 280 cm³/mol. The number of alkyl carbamates (subject to hydrolysis) is 1. The zero-order valence-corrected chi connectivity index (χ0v) is 47.0. The van der Waals surface area contributed by atoms with Crippen molar-refractivity contribution >= 4 is 98.4 Å². The largest absolute Gasteiger partial charge is 0.467 e. The first kappa shape index (κ1) is 64.1. The van der Waals surface area contributed by atoms with E-state index in [1.807, 2.05) is 48.5 Å². The summed E-state index contributed by atoms with van der Waals surface area (Å²) in [6, 6.07) is 19.1. The van der Waals surface area contributed by atoms with Crippen molar-refractivity contribution in [1.29, 1.82) is 0 Å². The van der Waals surface area contributed by atoms with Gasteiger partial charge in [0, 0.05) is 46.5 Å². The smallest absolute Gasteiger partial charge is 0.411 e.